The van der Waals surface area contributed by atoms with Crippen molar-refractivity contribution in [1.29, 1.82) is 0 Å². The van der Waals surface area contributed by atoms with Crippen molar-refractivity contribution < 1.29 is 23.9 Å². The number of hydrogen-bond donors (Lipinski definition) is 0. The van der Waals surface area contributed by atoms with Crippen LogP contribution in [0.25, 0.3) is 0 Å². The van der Waals surface area contributed by atoms with Crippen molar-refractivity contribution in [1.82, 2.24) is 4.90 Å². The normalized spacial score (nSPS) is 23.4. The molecule has 0 aromatic carbocycles. The fourth-order valence-corrected chi connectivity index (χ4v) is 1.97. The van der Waals surface area contributed by atoms with Gasteiger partial charge in [0.1, 0.15) is 18.8 Å². The summed E-state index contributed by atoms with van der Waals surface area (Å²) in [6.07, 6.45) is 0.182. The van der Waals surface area contributed by atoms with Crippen molar-refractivity contribution in [2.24, 2.45) is 0 Å². The third-order valence-electron chi connectivity index (χ3n) is 2.66. The van der Waals surface area contributed by atoms with Gasteiger partial charge in [0.05, 0.1) is 0 Å². The van der Waals surface area contributed by atoms with Gasteiger partial charge in [-0.2, -0.15) is 0 Å². The Balaban J connectivity index is 2.67. The van der Waals surface area contributed by atoms with E-state index in [9.17, 15) is 14.4 Å². The van der Waals surface area contributed by atoms with Crippen molar-refractivity contribution in [2.45, 2.75) is 39.3 Å². The molecule has 0 aliphatic carbocycles. The lowest BCUT2D eigenvalue weighted by Crippen LogP contribution is -2.43. The van der Waals surface area contributed by atoms with Crippen LogP contribution in [0.15, 0.2) is 0 Å². The van der Waals surface area contributed by atoms with E-state index in [-0.39, 0.29) is 18.6 Å². The zero-order valence-electron chi connectivity index (χ0n) is 10.3. The van der Waals surface area contributed by atoms with Crippen LogP contribution in [0.4, 0.5) is 0 Å². The Kier molecular flexibility index (Phi) is 4.48. The number of carbonyl (C=O) groups is 3. The second-order valence-corrected chi connectivity index (χ2v) is 4.02. The van der Waals surface area contributed by atoms with Crippen LogP contribution < -0.4 is 0 Å². The van der Waals surface area contributed by atoms with Gasteiger partial charge in [0.2, 0.25) is 5.91 Å². The molecule has 6 heteroatoms. The summed E-state index contributed by atoms with van der Waals surface area (Å²) < 4.78 is 10.0. The van der Waals surface area contributed by atoms with Gasteiger partial charge in [-0.15, -0.1) is 0 Å². The van der Waals surface area contributed by atoms with Crippen LogP contribution in [0.3, 0.4) is 0 Å². The highest BCUT2D eigenvalue weighted by atomic mass is 16.6. The zero-order chi connectivity index (χ0) is 13.0. The Morgan fingerprint density at radius 3 is 2.29 bits per heavy atom. The Morgan fingerprint density at radius 2 is 1.82 bits per heavy atom. The lowest BCUT2D eigenvalue weighted by atomic mass is 10.2. The number of hydrogen-bond acceptors (Lipinski definition) is 5. The molecule has 0 spiro atoms. The van der Waals surface area contributed by atoms with Gasteiger partial charge >= 0.3 is 11.9 Å². The number of carbonyl (C=O) groups excluding carboxylic acids is 3. The van der Waals surface area contributed by atoms with E-state index in [1.807, 2.05) is 0 Å². The predicted molar refractivity (Wildman–Crippen MR) is 58.0 cm³/mol. The van der Waals surface area contributed by atoms with Crippen LogP contribution in [0, 0.1) is 0 Å². The first-order valence-electron chi connectivity index (χ1n) is 5.49. The molecule has 6 nitrogen and oxygen atoms in total. The summed E-state index contributed by atoms with van der Waals surface area (Å²) in [4.78, 5) is 34.6. The van der Waals surface area contributed by atoms with Crippen LogP contribution in [0.5, 0.6) is 0 Å². The molecule has 1 heterocycles. The van der Waals surface area contributed by atoms with Gasteiger partial charge in [0.25, 0.3) is 0 Å². The summed E-state index contributed by atoms with van der Waals surface area (Å²) >= 11 is 0. The Hall–Kier alpha value is -1.59. The number of ether oxygens (including phenoxy) is 2. The molecule has 0 aromatic rings. The quantitative estimate of drug-likeness (QED) is 0.657. The first-order valence-corrected chi connectivity index (χ1v) is 5.49. The fraction of sp³-hybridized carbons (Fsp3) is 0.727. The molecule has 1 rings (SSSR count). The molecule has 0 aromatic heterocycles. The monoisotopic (exact) mass is 243 g/mol. The summed E-state index contributed by atoms with van der Waals surface area (Å²) in [6, 6.07) is -0.375. The van der Waals surface area contributed by atoms with Crippen molar-refractivity contribution in [3.8, 4) is 0 Å². The molecule has 1 amide bonds. The molecule has 0 radical (unpaired) electrons. The zero-order valence-corrected chi connectivity index (χ0v) is 10.3. The van der Waals surface area contributed by atoms with Gasteiger partial charge in [-0.1, -0.05) is 0 Å². The third kappa shape index (κ3) is 3.72. The summed E-state index contributed by atoms with van der Waals surface area (Å²) in [6.45, 7) is 4.64. The highest BCUT2D eigenvalue weighted by Crippen LogP contribution is 2.21. The highest BCUT2D eigenvalue weighted by molar-refractivity contribution is 5.74. The van der Waals surface area contributed by atoms with Gasteiger partial charge in [-0.25, -0.2) is 0 Å². The molecule has 0 unspecified atom stereocenters. The number of amides is 1. The molecule has 1 aliphatic heterocycles. The largest absolute Gasteiger partial charge is 0.464 e. The topological polar surface area (TPSA) is 72.9 Å². The number of esters is 2. The first-order chi connectivity index (χ1) is 7.91. The molecular formula is C11H17NO5. The fourth-order valence-electron chi connectivity index (χ4n) is 1.97. The molecule has 0 saturated carbocycles. The predicted octanol–water partition coefficient (Wildman–Crippen LogP) is 0.102. The van der Waals surface area contributed by atoms with Crippen molar-refractivity contribution in [3.63, 3.8) is 0 Å². The van der Waals surface area contributed by atoms with Gasteiger partial charge in [-0.05, 0) is 0 Å². The molecule has 1 saturated heterocycles. The maximum Gasteiger partial charge on any atom is 0.302 e. The molecule has 0 bridgehead atoms. The van der Waals surface area contributed by atoms with Crippen LogP contribution in [0.1, 0.15) is 27.2 Å². The standard InChI is InChI=1S/C11H17NO5/c1-7(13)12-5-4-11(17-9(3)15)10(12)6-16-8(2)14/h10-11H,4-6H2,1-3H3/t10-,11+/m1/s1. The second-order valence-electron chi connectivity index (χ2n) is 4.02. The van der Waals surface area contributed by atoms with E-state index >= 15 is 0 Å². The Morgan fingerprint density at radius 1 is 1.18 bits per heavy atom. The average Bonchev–Trinajstić information content (AvgIpc) is 2.57. The lowest BCUT2D eigenvalue weighted by molar-refractivity contribution is -0.153. The van der Waals surface area contributed by atoms with E-state index in [4.69, 9.17) is 9.47 Å². The third-order valence-corrected chi connectivity index (χ3v) is 2.66. The van der Waals surface area contributed by atoms with Gasteiger partial charge in [0.15, 0.2) is 0 Å². The minimum absolute atomic E-state index is 0.0624. The maximum atomic E-state index is 11.4. The van der Waals surface area contributed by atoms with Crippen molar-refractivity contribution >= 4 is 17.8 Å². The van der Waals surface area contributed by atoms with E-state index < -0.39 is 18.0 Å². The smallest absolute Gasteiger partial charge is 0.302 e. The van der Waals surface area contributed by atoms with E-state index in [1.54, 1.807) is 4.90 Å². The summed E-state index contributed by atoms with van der Waals surface area (Å²) in [5.74, 6) is -0.924. The number of rotatable bonds is 3. The highest BCUT2D eigenvalue weighted by Gasteiger charge is 2.38. The molecule has 2 atom stereocenters. The van der Waals surface area contributed by atoms with Gasteiger partial charge < -0.3 is 14.4 Å². The minimum atomic E-state index is -0.415. The lowest BCUT2D eigenvalue weighted by Gasteiger charge is -2.26. The first kappa shape index (κ1) is 13.5. The SMILES string of the molecule is CC(=O)OC[C@@H]1[C@@H](OC(C)=O)CCN1C(C)=O. The van der Waals surface area contributed by atoms with E-state index in [0.29, 0.717) is 13.0 Å². The van der Waals surface area contributed by atoms with E-state index in [2.05, 4.69) is 0 Å². The number of nitrogens with zero attached hydrogens (tertiary/aromatic N) is 1. The Labute approximate surface area is 99.9 Å². The van der Waals surface area contributed by atoms with Crippen molar-refractivity contribution in [3.05, 3.63) is 0 Å². The van der Waals surface area contributed by atoms with Crippen LogP contribution >= 0.6 is 0 Å². The minimum Gasteiger partial charge on any atom is -0.464 e. The van der Waals surface area contributed by atoms with E-state index in [0.717, 1.165) is 0 Å². The summed E-state index contributed by atoms with van der Waals surface area (Å²) in [5.41, 5.74) is 0. The van der Waals surface area contributed by atoms with E-state index in [1.165, 1.54) is 20.8 Å². The summed E-state index contributed by atoms with van der Waals surface area (Å²) in [7, 11) is 0. The maximum absolute atomic E-state index is 11.4. The van der Waals surface area contributed by atoms with Gasteiger partial charge in [0, 0.05) is 33.7 Å². The molecular weight excluding hydrogens is 226 g/mol. The molecule has 17 heavy (non-hydrogen) atoms. The molecule has 1 fully saturated rings. The van der Waals surface area contributed by atoms with Crippen LogP contribution in [0.2, 0.25) is 0 Å². The molecule has 1 aliphatic rings. The summed E-state index contributed by atoms with van der Waals surface area (Å²) in [5, 5.41) is 0. The Bertz CT molecular complexity index is 328. The second kappa shape index (κ2) is 5.65. The van der Waals surface area contributed by atoms with Crippen LogP contribution in [-0.4, -0.2) is 48.0 Å². The van der Waals surface area contributed by atoms with Crippen LogP contribution in [-0.2, 0) is 23.9 Å². The molecule has 96 valence electrons. The average molecular weight is 243 g/mol. The van der Waals surface area contributed by atoms with Gasteiger partial charge in [-0.3, -0.25) is 14.4 Å². The number of likely N-dealkylation sites (tertiary alicyclic amines) is 1. The van der Waals surface area contributed by atoms with Crippen molar-refractivity contribution in [2.75, 3.05) is 13.2 Å². The molecule has 0 N–H and O–H groups in total.